The van der Waals surface area contributed by atoms with Crippen LogP contribution in [0.15, 0.2) is 28.8 Å². The van der Waals surface area contributed by atoms with E-state index in [1.165, 1.54) is 0 Å². The summed E-state index contributed by atoms with van der Waals surface area (Å²) in [6.07, 6.45) is 0.792. The lowest BCUT2D eigenvalue weighted by Crippen LogP contribution is -2.36. The number of hydrogen-bond acceptors (Lipinski definition) is 6. The van der Waals surface area contributed by atoms with Gasteiger partial charge in [0, 0.05) is 13.0 Å². The van der Waals surface area contributed by atoms with E-state index < -0.39 is 5.60 Å². The molecule has 108 valence electrons. The first kappa shape index (κ1) is 14.5. The standard InChI is InChI=1S/C14H19N3O3/c1-14(18,9-15)8-13-16-12(17-20-13)7-10-4-3-5-11(6-10)19-2/h3-6,18H,7-9,15H2,1-2H3. The summed E-state index contributed by atoms with van der Waals surface area (Å²) in [6.45, 7) is 1.78. The van der Waals surface area contributed by atoms with E-state index in [1.54, 1.807) is 14.0 Å². The van der Waals surface area contributed by atoms with Crippen LogP contribution in [-0.2, 0) is 12.8 Å². The van der Waals surface area contributed by atoms with Crippen molar-refractivity contribution in [2.75, 3.05) is 13.7 Å². The number of benzene rings is 1. The van der Waals surface area contributed by atoms with Gasteiger partial charge in [-0.3, -0.25) is 0 Å². The Morgan fingerprint density at radius 1 is 1.45 bits per heavy atom. The smallest absolute Gasteiger partial charge is 0.229 e. The zero-order valence-electron chi connectivity index (χ0n) is 11.7. The molecule has 3 N–H and O–H groups in total. The first-order valence-electron chi connectivity index (χ1n) is 6.39. The van der Waals surface area contributed by atoms with Gasteiger partial charge < -0.3 is 20.1 Å². The van der Waals surface area contributed by atoms with Gasteiger partial charge in [-0.05, 0) is 24.6 Å². The second-order valence-corrected chi connectivity index (χ2v) is 5.01. The van der Waals surface area contributed by atoms with E-state index in [0.717, 1.165) is 11.3 Å². The Morgan fingerprint density at radius 3 is 2.95 bits per heavy atom. The molecule has 0 aliphatic heterocycles. The third kappa shape index (κ3) is 3.79. The van der Waals surface area contributed by atoms with Crippen LogP contribution in [0, 0.1) is 0 Å². The molecule has 0 spiro atoms. The summed E-state index contributed by atoms with van der Waals surface area (Å²) < 4.78 is 10.3. The molecule has 6 heteroatoms. The number of hydrogen-bond donors (Lipinski definition) is 2. The minimum absolute atomic E-state index is 0.139. The Hall–Kier alpha value is -1.92. The molecule has 0 radical (unpaired) electrons. The maximum atomic E-state index is 9.87. The largest absolute Gasteiger partial charge is 0.497 e. The second kappa shape index (κ2) is 6.02. The first-order valence-corrected chi connectivity index (χ1v) is 6.39. The third-order valence-electron chi connectivity index (χ3n) is 2.98. The van der Waals surface area contributed by atoms with Crippen molar-refractivity contribution >= 4 is 0 Å². The maximum absolute atomic E-state index is 9.87. The number of methoxy groups -OCH3 is 1. The lowest BCUT2D eigenvalue weighted by Gasteiger charge is -2.17. The Bertz CT molecular complexity index is 566. The van der Waals surface area contributed by atoms with Gasteiger partial charge in [0.25, 0.3) is 0 Å². The second-order valence-electron chi connectivity index (χ2n) is 5.01. The molecule has 6 nitrogen and oxygen atoms in total. The molecule has 0 aliphatic rings. The van der Waals surface area contributed by atoms with Gasteiger partial charge in [-0.2, -0.15) is 4.98 Å². The maximum Gasteiger partial charge on any atom is 0.229 e. The van der Waals surface area contributed by atoms with Crippen LogP contribution in [0.1, 0.15) is 24.2 Å². The number of aromatic nitrogens is 2. The van der Waals surface area contributed by atoms with Crippen molar-refractivity contribution in [3.63, 3.8) is 0 Å². The van der Waals surface area contributed by atoms with Gasteiger partial charge in [0.1, 0.15) is 5.75 Å². The van der Waals surface area contributed by atoms with Gasteiger partial charge in [-0.25, -0.2) is 0 Å². The van der Waals surface area contributed by atoms with E-state index in [0.29, 0.717) is 18.1 Å². The van der Waals surface area contributed by atoms with Crippen LogP contribution in [0.2, 0.25) is 0 Å². The zero-order chi connectivity index (χ0) is 14.6. The van der Waals surface area contributed by atoms with Gasteiger partial charge in [0.15, 0.2) is 5.82 Å². The zero-order valence-corrected chi connectivity index (χ0v) is 11.7. The van der Waals surface area contributed by atoms with Crippen molar-refractivity contribution in [1.29, 1.82) is 0 Å². The molecule has 0 saturated heterocycles. The highest BCUT2D eigenvalue weighted by Crippen LogP contribution is 2.16. The number of rotatable bonds is 6. The fourth-order valence-electron chi connectivity index (χ4n) is 1.80. The molecule has 1 aromatic carbocycles. The van der Waals surface area contributed by atoms with Crippen molar-refractivity contribution in [3.05, 3.63) is 41.5 Å². The van der Waals surface area contributed by atoms with Crippen LogP contribution < -0.4 is 10.5 Å². The molecule has 20 heavy (non-hydrogen) atoms. The van der Waals surface area contributed by atoms with Crippen molar-refractivity contribution in [2.45, 2.75) is 25.4 Å². The highest BCUT2D eigenvalue weighted by atomic mass is 16.5. The Balaban J connectivity index is 2.05. The van der Waals surface area contributed by atoms with E-state index >= 15 is 0 Å². The van der Waals surface area contributed by atoms with Gasteiger partial charge >= 0.3 is 0 Å². The molecule has 2 aromatic rings. The molecular weight excluding hydrogens is 258 g/mol. The van der Waals surface area contributed by atoms with Gasteiger partial charge in [-0.1, -0.05) is 17.3 Å². The van der Waals surface area contributed by atoms with E-state index in [2.05, 4.69) is 10.1 Å². The van der Waals surface area contributed by atoms with Crippen molar-refractivity contribution in [1.82, 2.24) is 10.1 Å². The third-order valence-corrected chi connectivity index (χ3v) is 2.98. The van der Waals surface area contributed by atoms with Crippen LogP contribution in [0.5, 0.6) is 5.75 Å². The number of nitrogens with zero attached hydrogens (tertiary/aromatic N) is 2. The average Bonchev–Trinajstić information content (AvgIpc) is 2.85. The Labute approximate surface area is 117 Å². The normalized spacial score (nSPS) is 14.0. The summed E-state index contributed by atoms with van der Waals surface area (Å²) in [6, 6.07) is 7.68. The summed E-state index contributed by atoms with van der Waals surface area (Å²) in [4.78, 5) is 4.26. The molecular formula is C14H19N3O3. The van der Waals surface area contributed by atoms with E-state index in [9.17, 15) is 5.11 Å². The van der Waals surface area contributed by atoms with Crippen molar-refractivity contribution in [2.24, 2.45) is 5.73 Å². The molecule has 1 heterocycles. The number of ether oxygens (including phenoxy) is 1. The lowest BCUT2D eigenvalue weighted by molar-refractivity contribution is 0.0610. The SMILES string of the molecule is COc1cccc(Cc2noc(CC(C)(O)CN)n2)c1. The fraction of sp³-hybridized carbons (Fsp3) is 0.429. The predicted molar refractivity (Wildman–Crippen MR) is 73.5 cm³/mol. The van der Waals surface area contributed by atoms with Crippen LogP contribution in [0.3, 0.4) is 0 Å². The van der Waals surface area contributed by atoms with Crippen molar-refractivity contribution in [3.8, 4) is 5.75 Å². The molecule has 0 amide bonds. The molecule has 0 bridgehead atoms. The monoisotopic (exact) mass is 277 g/mol. The van der Waals surface area contributed by atoms with E-state index in [1.807, 2.05) is 24.3 Å². The fourth-order valence-corrected chi connectivity index (χ4v) is 1.80. The van der Waals surface area contributed by atoms with Crippen LogP contribution in [-0.4, -0.2) is 34.5 Å². The minimum Gasteiger partial charge on any atom is -0.497 e. The number of nitrogens with two attached hydrogens (primary N) is 1. The van der Waals surface area contributed by atoms with Crippen molar-refractivity contribution < 1.29 is 14.4 Å². The van der Waals surface area contributed by atoms with Gasteiger partial charge in [0.05, 0.1) is 19.1 Å². The first-order chi connectivity index (χ1) is 9.52. The lowest BCUT2D eigenvalue weighted by atomic mass is 10.0. The van der Waals surface area contributed by atoms with Gasteiger partial charge in [0.2, 0.25) is 5.89 Å². The summed E-state index contributed by atoms with van der Waals surface area (Å²) >= 11 is 0. The molecule has 1 atom stereocenters. The topological polar surface area (TPSA) is 94.4 Å². The Kier molecular flexibility index (Phi) is 4.36. The molecule has 0 saturated carbocycles. The van der Waals surface area contributed by atoms with Gasteiger partial charge in [-0.15, -0.1) is 0 Å². The van der Waals surface area contributed by atoms with E-state index in [4.69, 9.17) is 15.0 Å². The molecule has 1 unspecified atom stereocenters. The summed E-state index contributed by atoms with van der Waals surface area (Å²) in [5, 5.41) is 13.8. The highest BCUT2D eigenvalue weighted by Gasteiger charge is 2.22. The minimum atomic E-state index is -1.03. The molecule has 1 aromatic heterocycles. The van der Waals surface area contributed by atoms with E-state index in [-0.39, 0.29) is 13.0 Å². The van der Waals surface area contributed by atoms with Crippen LogP contribution in [0.25, 0.3) is 0 Å². The predicted octanol–water partition coefficient (Wildman–Crippen LogP) is 0.921. The average molecular weight is 277 g/mol. The summed E-state index contributed by atoms with van der Waals surface area (Å²) in [5.41, 5.74) is 5.46. The number of aliphatic hydroxyl groups is 1. The quantitative estimate of drug-likeness (QED) is 0.815. The van der Waals surface area contributed by atoms with Crippen LogP contribution >= 0.6 is 0 Å². The molecule has 0 aliphatic carbocycles. The molecule has 2 rings (SSSR count). The highest BCUT2D eigenvalue weighted by molar-refractivity contribution is 5.30. The summed E-state index contributed by atoms with van der Waals surface area (Å²) in [7, 11) is 1.63. The Morgan fingerprint density at radius 2 is 2.25 bits per heavy atom. The van der Waals surface area contributed by atoms with Crippen LogP contribution in [0.4, 0.5) is 0 Å². The molecule has 0 fully saturated rings. The summed E-state index contributed by atoms with van der Waals surface area (Å²) in [5.74, 6) is 1.75.